The molecule has 0 aromatic heterocycles. The van der Waals surface area contributed by atoms with Gasteiger partial charge in [-0.15, -0.1) is 0 Å². The minimum absolute atomic E-state index is 0.894. The number of hydrogen-bond donors (Lipinski definition) is 1. The van der Waals surface area contributed by atoms with Crippen LogP contribution in [0.5, 0.6) is 0 Å². The molecule has 0 radical (unpaired) electrons. The van der Waals surface area contributed by atoms with Gasteiger partial charge in [0.05, 0.1) is 0 Å². The third-order valence-electron chi connectivity index (χ3n) is 3.26. The lowest BCUT2D eigenvalue weighted by molar-refractivity contribution is 0.213. The minimum Gasteiger partial charge on any atom is -0.330 e. The summed E-state index contributed by atoms with van der Waals surface area (Å²) in [6.45, 7) is 3.19. The Morgan fingerprint density at radius 3 is 2.17 bits per heavy atom. The Morgan fingerprint density at radius 2 is 1.67 bits per heavy atom. The molecule has 0 bridgehead atoms. The number of hydrogen-bond acceptors (Lipinski definition) is 1. The van der Waals surface area contributed by atoms with Crippen molar-refractivity contribution in [2.24, 2.45) is 17.6 Å². The summed E-state index contributed by atoms with van der Waals surface area (Å²) in [5.41, 5.74) is 5.62. The molecule has 0 saturated heterocycles. The summed E-state index contributed by atoms with van der Waals surface area (Å²) in [4.78, 5) is 0. The Morgan fingerprint density at radius 1 is 1.08 bits per heavy atom. The fourth-order valence-electron chi connectivity index (χ4n) is 2.63. The second-order valence-corrected chi connectivity index (χ2v) is 4.17. The SMILES string of the molecule is CCCC1CCCCC1CCN. The van der Waals surface area contributed by atoms with Gasteiger partial charge < -0.3 is 5.73 Å². The molecule has 0 aromatic carbocycles. The molecular weight excluding hydrogens is 146 g/mol. The number of rotatable bonds is 4. The highest BCUT2D eigenvalue weighted by molar-refractivity contribution is 4.75. The van der Waals surface area contributed by atoms with Crippen molar-refractivity contribution in [3.05, 3.63) is 0 Å². The van der Waals surface area contributed by atoms with Gasteiger partial charge in [-0.05, 0) is 24.8 Å². The number of nitrogens with two attached hydrogens (primary N) is 1. The topological polar surface area (TPSA) is 26.0 Å². The Balaban J connectivity index is 2.31. The average molecular weight is 169 g/mol. The van der Waals surface area contributed by atoms with Gasteiger partial charge in [-0.2, -0.15) is 0 Å². The maximum atomic E-state index is 5.62. The molecule has 0 heterocycles. The third-order valence-corrected chi connectivity index (χ3v) is 3.26. The Labute approximate surface area is 76.7 Å². The maximum Gasteiger partial charge on any atom is -0.00745 e. The van der Waals surface area contributed by atoms with Crippen molar-refractivity contribution in [3.8, 4) is 0 Å². The van der Waals surface area contributed by atoms with Gasteiger partial charge >= 0.3 is 0 Å². The Kier molecular flexibility index (Phi) is 4.67. The van der Waals surface area contributed by atoms with Crippen molar-refractivity contribution in [2.45, 2.75) is 51.9 Å². The Hall–Kier alpha value is -0.0400. The molecule has 0 spiro atoms. The van der Waals surface area contributed by atoms with Gasteiger partial charge in [0.15, 0.2) is 0 Å². The average Bonchev–Trinajstić information content (AvgIpc) is 2.09. The van der Waals surface area contributed by atoms with Crippen LogP contribution < -0.4 is 5.73 Å². The summed E-state index contributed by atoms with van der Waals surface area (Å²) in [7, 11) is 0. The van der Waals surface area contributed by atoms with Gasteiger partial charge in [-0.25, -0.2) is 0 Å². The van der Waals surface area contributed by atoms with E-state index >= 15 is 0 Å². The van der Waals surface area contributed by atoms with Gasteiger partial charge in [-0.1, -0.05) is 45.4 Å². The van der Waals surface area contributed by atoms with E-state index in [0.29, 0.717) is 0 Å². The first-order valence-electron chi connectivity index (χ1n) is 5.58. The third kappa shape index (κ3) is 2.78. The van der Waals surface area contributed by atoms with Crippen LogP contribution >= 0.6 is 0 Å². The summed E-state index contributed by atoms with van der Waals surface area (Å²) < 4.78 is 0. The molecule has 72 valence electrons. The predicted octanol–water partition coefficient (Wildman–Crippen LogP) is 2.94. The molecule has 0 aliphatic heterocycles. The fourth-order valence-corrected chi connectivity index (χ4v) is 2.63. The minimum atomic E-state index is 0.894. The molecule has 12 heavy (non-hydrogen) atoms. The summed E-state index contributed by atoms with van der Waals surface area (Å²) in [5.74, 6) is 1.97. The standard InChI is InChI=1S/C11H23N/c1-2-5-10-6-3-4-7-11(10)8-9-12/h10-11H,2-9,12H2,1H3. The van der Waals surface area contributed by atoms with Gasteiger partial charge in [0, 0.05) is 0 Å². The van der Waals surface area contributed by atoms with Crippen LogP contribution in [0.2, 0.25) is 0 Å². The smallest absolute Gasteiger partial charge is 0.00745 e. The molecule has 1 aliphatic rings. The molecule has 0 aromatic rings. The predicted molar refractivity (Wildman–Crippen MR) is 54.0 cm³/mol. The second-order valence-electron chi connectivity index (χ2n) is 4.17. The van der Waals surface area contributed by atoms with Crippen molar-refractivity contribution >= 4 is 0 Å². The van der Waals surface area contributed by atoms with E-state index < -0.39 is 0 Å². The molecule has 1 aliphatic carbocycles. The first-order valence-corrected chi connectivity index (χ1v) is 5.58. The second kappa shape index (κ2) is 5.58. The zero-order chi connectivity index (χ0) is 8.81. The van der Waals surface area contributed by atoms with Crippen LogP contribution in [-0.4, -0.2) is 6.54 Å². The highest BCUT2D eigenvalue weighted by Gasteiger charge is 2.22. The summed E-state index contributed by atoms with van der Waals surface area (Å²) in [6.07, 6.45) is 9.89. The van der Waals surface area contributed by atoms with Crippen molar-refractivity contribution in [1.29, 1.82) is 0 Å². The van der Waals surface area contributed by atoms with E-state index in [2.05, 4.69) is 6.92 Å². The molecule has 1 fully saturated rings. The summed E-state index contributed by atoms with van der Waals surface area (Å²) >= 11 is 0. The molecule has 2 atom stereocenters. The fraction of sp³-hybridized carbons (Fsp3) is 1.00. The molecule has 1 saturated carbocycles. The van der Waals surface area contributed by atoms with Crippen LogP contribution in [0.4, 0.5) is 0 Å². The Bertz CT molecular complexity index is 93.6. The quantitative estimate of drug-likeness (QED) is 0.688. The van der Waals surface area contributed by atoms with Crippen LogP contribution in [0.1, 0.15) is 51.9 Å². The highest BCUT2D eigenvalue weighted by atomic mass is 14.5. The van der Waals surface area contributed by atoms with Crippen LogP contribution in [0.3, 0.4) is 0 Å². The van der Waals surface area contributed by atoms with Crippen molar-refractivity contribution in [1.82, 2.24) is 0 Å². The van der Waals surface area contributed by atoms with E-state index in [1.54, 1.807) is 0 Å². The monoisotopic (exact) mass is 169 g/mol. The summed E-state index contributed by atoms with van der Waals surface area (Å²) in [5, 5.41) is 0. The largest absolute Gasteiger partial charge is 0.330 e. The maximum absolute atomic E-state index is 5.62. The highest BCUT2D eigenvalue weighted by Crippen LogP contribution is 2.34. The molecule has 2 unspecified atom stereocenters. The lowest BCUT2D eigenvalue weighted by atomic mass is 9.75. The van der Waals surface area contributed by atoms with Crippen molar-refractivity contribution < 1.29 is 0 Å². The van der Waals surface area contributed by atoms with E-state index in [0.717, 1.165) is 18.4 Å². The lowest BCUT2D eigenvalue weighted by Gasteiger charge is -2.31. The van der Waals surface area contributed by atoms with E-state index in [4.69, 9.17) is 5.73 Å². The lowest BCUT2D eigenvalue weighted by Crippen LogP contribution is -2.22. The van der Waals surface area contributed by atoms with Crippen LogP contribution in [0, 0.1) is 11.8 Å². The summed E-state index contributed by atoms with van der Waals surface area (Å²) in [6, 6.07) is 0. The van der Waals surface area contributed by atoms with E-state index in [1.165, 1.54) is 44.9 Å². The van der Waals surface area contributed by atoms with Gasteiger partial charge in [-0.3, -0.25) is 0 Å². The van der Waals surface area contributed by atoms with Gasteiger partial charge in [0.25, 0.3) is 0 Å². The molecule has 1 nitrogen and oxygen atoms in total. The van der Waals surface area contributed by atoms with E-state index in [9.17, 15) is 0 Å². The van der Waals surface area contributed by atoms with Gasteiger partial charge in [0.2, 0.25) is 0 Å². The van der Waals surface area contributed by atoms with Crippen LogP contribution in [0.15, 0.2) is 0 Å². The zero-order valence-corrected chi connectivity index (χ0v) is 8.39. The molecular formula is C11H23N. The van der Waals surface area contributed by atoms with E-state index in [-0.39, 0.29) is 0 Å². The molecule has 1 rings (SSSR count). The van der Waals surface area contributed by atoms with Gasteiger partial charge in [0.1, 0.15) is 0 Å². The molecule has 2 N–H and O–H groups in total. The van der Waals surface area contributed by atoms with Crippen LogP contribution in [-0.2, 0) is 0 Å². The normalized spacial score (nSPS) is 30.5. The van der Waals surface area contributed by atoms with Crippen molar-refractivity contribution in [3.63, 3.8) is 0 Å². The molecule has 1 heteroatoms. The van der Waals surface area contributed by atoms with Crippen molar-refractivity contribution in [2.75, 3.05) is 6.54 Å². The van der Waals surface area contributed by atoms with E-state index in [1.807, 2.05) is 0 Å². The van der Waals surface area contributed by atoms with Crippen LogP contribution in [0.25, 0.3) is 0 Å². The first kappa shape index (κ1) is 10.0. The molecule has 0 amide bonds. The first-order chi connectivity index (χ1) is 5.88. The zero-order valence-electron chi connectivity index (χ0n) is 8.39.